The smallest absolute Gasteiger partial charge is 0.423 e. The lowest BCUT2D eigenvalue weighted by Crippen LogP contribution is -2.42. The number of amides is 1. The van der Waals surface area contributed by atoms with E-state index in [-0.39, 0.29) is 32.9 Å². The number of hydroxylamine groups is 2. The van der Waals surface area contributed by atoms with Gasteiger partial charge in [-0.05, 0) is 36.2 Å². The fraction of sp³-hybridized carbons (Fsp3) is 0.350. The minimum Gasteiger partial charge on any atom is -0.511 e. The predicted octanol–water partition coefficient (Wildman–Crippen LogP) is 6.58. The molecule has 2 unspecified atom stereocenters. The zero-order chi connectivity index (χ0) is 24.0. The Bertz CT molecular complexity index is 1050. The number of nitrogens with zero attached hydrogens (tertiary/aromatic N) is 1. The van der Waals surface area contributed by atoms with E-state index in [1.807, 2.05) is 0 Å². The molecule has 0 aliphatic carbocycles. The molecule has 5 nitrogen and oxygen atoms in total. The number of aliphatic hydroxyl groups is 1. The topological polar surface area (TPSA) is 61.8 Å². The van der Waals surface area contributed by atoms with Crippen molar-refractivity contribution in [1.82, 2.24) is 10.4 Å². The molecule has 3 rings (SSSR count). The second kappa shape index (κ2) is 9.04. The van der Waals surface area contributed by atoms with Crippen LogP contribution < -0.4 is 5.32 Å². The Labute approximate surface area is 201 Å². The number of alkyl halides is 3. The summed E-state index contributed by atoms with van der Waals surface area (Å²) in [6, 6.07) is 3.04. The maximum Gasteiger partial charge on any atom is 0.423 e. The van der Waals surface area contributed by atoms with Crippen molar-refractivity contribution in [3.05, 3.63) is 66.5 Å². The second-order valence-corrected chi connectivity index (χ2v) is 9.62. The second-order valence-electron chi connectivity index (χ2n) is 7.35. The zero-order valence-electron chi connectivity index (χ0n) is 16.8. The number of thiophene rings is 1. The quantitative estimate of drug-likeness (QED) is 0.339. The molecule has 174 valence electrons. The number of aryl methyl sites for hydroxylation is 1. The molecule has 0 bridgehead atoms. The first-order chi connectivity index (χ1) is 14.8. The van der Waals surface area contributed by atoms with E-state index >= 15 is 0 Å². The van der Waals surface area contributed by atoms with E-state index in [0.717, 1.165) is 28.5 Å². The van der Waals surface area contributed by atoms with Crippen LogP contribution in [0.5, 0.6) is 0 Å². The summed E-state index contributed by atoms with van der Waals surface area (Å²) in [4.78, 5) is 18.6. The third kappa shape index (κ3) is 4.60. The van der Waals surface area contributed by atoms with Crippen molar-refractivity contribution in [3.8, 4) is 0 Å². The van der Waals surface area contributed by atoms with Gasteiger partial charge in [0.15, 0.2) is 0 Å². The highest BCUT2D eigenvalue weighted by Crippen LogP contribution is 2.56. The van der Waals surface area contributed by atoms with E-state index < -0.39 is 30.1 Å². The lowest BCUT2D eigenvalue weighted by molar-refractivity contribution is -0.322. The first-order valence-corrected chi connectivity index (χ1v) is 11.1. The third-order valence-electron chi connectivity index (χ3n) is 5.05. The number of carbonyl (C=O) groups excluding carboxylic acids is 1. The van der Waals surface area contributed by atoms with E-state index in [9.17, 15) is 18.0 Å². The number of hydrogen-bond acceptors (Lipinski definition) is 5. The average Bonchev–Trinajstić information content (AvgIpc) is 3.24. The molecule has 1 aromatic carbocycles. The molecular formula is C20H18Cl3F3N2O3S. The van der Waals surface area contributed by atoms with E-state index in [0.29, 0.717) is 15.3 Å². The van der Waals surface area contributed by atoms with Gasteiger partial charge < -0.3 is 10.4 Å². The van der Waals surface area contributed by atoms with Gasteiger partial charge in [0, 0.05) is 18.3 Å². The monoisotopic (exact) mass is 528 g/mol. The summed E-state index contributed by atoms with van der Waals surface area (Å²) in [5.74, 6) is -0.680. The summed E-state index contributed by atoms with van der Waals surface area (Å²) in [6.07, 6.45) is -5.29. The molecule has 2 aromatic rings. The van der Waals surface area contributed by atoms with E-state index in [1.54, 1.807) is 13.0 Å². The Kier molecular flexibility index (Phi) is 7.10. The molecule has 1 fully saturated rings. The summed E-state index contributed by atoms with van der Waals surface area (Å²) in [7, 11) is 1.39. The van der Waals surface area contributed by atoms with Gasteiger partial charge in [-0.25, -0.2) is 0 Å². The molecule has 32 heavy (non-hydrogen) atoms. The van der Waals surface area contributed by atoms with Crippen LogP contribution in [-0.2, 0) is 10.4 Å². The van der Waals surface area contributed by atoms with Gasteiger partial charge in [0.2, 0.25) is 5.60 Å². The third-order valence-corrected chi connectivity index (χ3v) is 7.59. The summed E-state index contributed by atoms with van der Waals surface area (Å²) < 4.78 is 43.1. The van der Waals surface area contributed by atoms with Crippen molar-refractivity contribution in [2.24, 2.45) is 0 Å². The molecule has 2 N–H and O–H groups in total. The number of carbonyl (C=O) groups is 1. The number of aliphatic hydroxyl groups excluding tert-OH is 1. The Morgan fingerprint density at radius 3 is 2.47 bits per heavy atom. The minimum absolute atomic E-state index is 0.0487. The predicted molar refractivity (Wildman–Crippen MR) is 119 cm³/mol. The molecular weight excluding hydrogens is 512 g/mol. The van der Waals surface area contributed by atoms with Gasteiger partial charge in [0.1, 0.15) is 5.76 Å². The first kappa shape index (κ1) is 25.1. The van der Waals surface area contributed by atoms with Crippen LogP contribution in [0.3, 0.4) is 0 Å². The van der Waals surface area contributed by atoms with Crippen LogP contribution in [0.1, 0.15) is 38.1 Å². The summed E-state index contributed by atoms with van der Waals surface area (Å²) >= 11 is 18.9. The van der Waals surface area contributed by atoms with E-state index in [2.05, 4.69) is 11.9 Å². The average molecular weight is 530 g/mol. The standard InChI is InChI=1S/C20H18Cl3F3N2O3S/c1-9-4-15(32-17(9)18(30)27-8-10(2)29)14-7-19(20(24,25)26,31-28(14)3)11-5-12(21)16(23)13(22)6-11/h4-6,14,29H,2,7-8H2,1,3H3,(H,27,30). The molecule has 0 radical (unpaired) electrons. The summed E-state index contributed by atoms with van der Waals surface area (Å²) in [6.45, 7) is 4.84. The lowest BCUT2D eigenvalue weighted by Gasteiger charge is -2.31. The number of nitrogens with one attached hydrogen (secondary N) is 1. The Hall–Kier alpha value is -1.49. The molecule has 2 heterocycles. The molecule has 1 aliphatic heterocycles. The van der Waals surface area contributed by atoms with Crippen LogP contribution in [0.15, 0.2) is 30.5 Å². The number of halogens is 6. The fourth-order valence-corrected chi connectivity index (χ4v) is 5.30. The van der Waals surface area contributed by atoms with Gasteiger partial charge in [-0.1, -0.05) is 41.4 Å². The number of hydrogen-bond donors (Lipinski definition) is 2. The number of benzene rings is 1. The van der Waals surface area contributed by atoms with Gasteiger partial charge in [-0.2, -0.15) is 18.2 Å². The molecule has 2 atom stereocenters. The van der Waals surface area contributed by atoms with Gasteiger partial charge in [0.25, 0.3) is 5.91 Å². The molecule has 12 heteroatoms. The van der Waals surface area contributed by atoms with Gasteiger partial charge >= 0.3 is 6.18 Å². The molecule has 1 saturated heterocycles. The summed E-state index contributed by atoms with van der Waals surface area (Å²) in [5, 5.41) is 12.5. The normalized spacial score (nSPS) is 21.7. The van der Waals surface area contributed by atoms with Crippen molar-refractivity contribution in [2.45, 2.75) is 31.2 Å². The van der Waals surface area contributed by atoms with Crippen molar-refractivity contribution in [1.29, 1.82) is 0 Å². The Morgan fingerprint density at radius 1 is 1.34 bits per heavy atom. The fourth-order valence-electron chi connectivity index (χ4n) is 3.48. The molecule has 1 aromatic heterocycles. The van der Waals surface area contributed by atoms with Gasteiger partial charge in [-0.3, -0.25) is 9.63 Å². The van der Waals surface area contributed by atoms with Crippen molar-refractivity contribution >= 4 is 52.0 Å². The summed E-state index contributed by atoms with van der Waals surface area (Å²) in [5.41, 5.74) is -2.40. The highest BCUT2D eigenvalue weighted by molar-refractivity contribution is 7.14. The van der Waals surface area contributed by atoms with Crippen molar-refractivity contribution in [2.75, 3.05) is 13.6 Å². The Morgan fingerprint density at radius 2 is 1.94 bits per heavy atom. The van der Waals surface area contributed by atoms with Crippen LogP contribution in [0, 0.1) is 6.92 Å². The first-order valence-electron chi connectivity index (χ1n) is 9.16. The van der Waals surface area contributed by atoms with Crippen LogP contribution >= 0.6 is 46.1 Å². The maximum absolute atomic E-state index is 14.4. The van der Waals surface area contributed by atoms with Gasteiger partial charge in [-0.15, -0.1) is 11.3 Å². The van der Waals surface area contributed by atoms with E-state index in [4.69, 9.17) is 44.7 Å². The maximum atomic E-state index is 14.4. The van der Waals surface area contributed by atoms with E-state index in [1.165, 1.54) is 7.05 Å². The minimum atomic E-state index is -4.80. The largest absolute Gasteiger partial charge is 0.511 e. The van der Waals surface area contributed by atoms with Crippen LogP contribution in [-0.4, -0.2) is 35.8 Å². The SMILES string of the molecule is C=C(O)CNC(=O)c1sc(C2CC(c3cc(Cl)c(Cl)c(Cl)c3)(C(F)(F)F)ON2C)cc1C. The molecule has 0 spiro atoms. The molecule has 0 saturated carbocycles. The van der Waals surface area contributed by atoms with Crippen molar-refractivity contribution < 1.29 is 27.9 Å². The zero-order valence-corrected chi connectivity index (χ0v) is 19.9. The lowest BCUT2D eigenvalue weighted by atomic mass is 9.87. The van der Waals surface area contributed by atoms with Gasteiger partial charge in [0.05, 0.1) is 32.5 Å². The molecule has 1 aliphatic rings. The van der Waals surface area contributed by atoms with Crippen LogP contribution in [0.4, 0.5) is 13.2 Å². The Balaban J connectivity index is 1.99. The van der Waals surface area contributed by atoms with Crippen LogP contribution in [0.25, 0.3) is 0 Å². The highest BCUT2D eigenvalue weighted by Gasteiger charge is 2.64. The molecule has 1 amide bonds. The van der Waals surface area contributed by atoms with Crippen LogP contribution in [0.2, 0.25) is 15.1 Å². The van der Waals surface area contributed by atoms with Crippen molar-refractivity contribution in [3.63, 3.8) is 0 Å². The highest BCUT2D eigenvalue weighted by atomic mass is 35.5. The number of rotatable bonds is 5.